The lowest BCUT2D eigenvalue weighted by molar-refractivity contribution is 0.0988. The molecule has 0 aliphatic carbocycles. The van der Waals surface area contributed by atoms with Crippen LogP contribution in [0.1, 0.15) is 34.1 Å². The van der Waals surface area contributed by atoms with Crippen molar-refractivity contribution in [3.8, 4) is 6.07 Å². The van der Waals surface area contributed by atoms with Crippen LogP contribution in [0.3, 0.4) is 0 Å². The minimum atomic E-state index is -0.912. The van der Waals surface area contributed by atoms with Crippen LogP contribution < -0.4 is 5.73 Å². The van der Waals surface area contributed by atoms with Gasteiger partial charge in [-0.2, -0.15) is 5.26 Å². The van der Waals surface area contributed by atoms with Gasteiger partial charge in [-0.05, 0) is 48.2 Å². The fourth-order valence-corrected chi connectivity index (χ4v) is 3.36. The number of aliphatic imine (C=N–C) groups is 1. The molecule has 2 aromatic rings. The highest BCUT2D eigenvalue weighted by atomic mass is 32.2. The molecule has 3 rings (SSSR count). The molecule has 0 spiro atoms. The highest BCUT2D eigenvalue weighted by Crippen LogP contribution is 2.34. The van der Waals surface area contributed by atoms with Gasteiger partial charge in [-0.1, -0.05) is 17.8 Å². The van der Waals surface area contributed by atoms with Crippen molar-refractivity contribution in [1.29, 1.82) is 5.26 Å². The molecule has 26 heavy (non-hydrogen) atoms. The van der Waals surface area contributed by atoms with Crippen molar-refractivity contribution in [2.45, 2.75) is 18.9 Å². The van der Waals surface area contributed by atoms with Crippen molar-refractivity contribution in [3.05, 3.63) is 76.2 Å². The maximum atomic E-state index is 14.4. The first-order valence-corrected chi connectivity index (χ1v) is 8.67. The zero-order valence-electron chi connectivity index (χ0n) is 13.9. The predicted molar refractivity (Wildman–Crippen MR) is 99.1 cm³/mol. The number of ketones is 1. The number of hydrogen-bond acceptors (Lipinski definition) is 6. The van der Waals surface area contributed by atoms with Crippen LogP contribution in [0, 0.1) is 17.1 Å². The van der Waals surface area contributed by atoms with Gasteiger partial charge in [0.2, 0.25) is 0 Å². The summed E-state index contributed by atoms with van der Waals surface area (Å²) in [6.07, 6.45) is 3.20. The van der Waals surface area contributed by atoms with Crippen LogP contribution >= 0.6 is 11.8 Å². The number of carbonyl (C=O) groups is 1. The normalized spacial score (nSPS) is 18.9. The third kappa shape index (κ3) is 3.65. The van der Waals surface area contributed by atoms with E-state index in [0.29, 0.717) is 21.9 Å². The van der Waals surface area contributed by atoms with Crippen LogP contribution in [0.2, 0.25) is 0 Å². The molecule has 0 radical (unpaired) electrons. The Hall–Kier alpha value is -2.98. The Labute approximate surface area is 154 Å². The van der Waals surface area contributed by atoms with E-state index in [1.54, 1.807) is 36.6 Å². The molecule has 1 aliphatic heterocycles. The lowest BCUT2D eigenvalue weighted by Crippen LogP contribution is -2.25. The van der Waals surface area contributed by atoms with Crippen molar-refractivity contribution >= 4 is 22.7 Å². The van der Waals surface area contributed by atoms with Gasteiger partial charge in [-0.3, -0.25) is 9.78 Å². The lowest BCUT2D eigenvalue weighted by atomic mass is 9.90. The highest BCUT2D eigenvalue weighted by Gasteiger charge is 2.29. The van der Waals surface area contributed by atoms with E-state index < -0.39 is 11.4 Å². The zero-order valence-corrected chi connectivity index (χ0v) is 14.8. The second-order valence-corrected chi connectivity index (χ2v) is 6.90. The number of thioether (sulfide) groups is 1. The Morgan fingerprint density at radius 1 is 1.38 bits per heavy atom. The van der Waals surface area contributed by atoms with Gasteiger partial charge in [-0.15, -0.1) is 0 Å². The minimum Gasteiger partial charge on any atom is -0.378 e. The van der Waals surface area contributed by atoms with Crippen LogP contribution in [0.5, 0.6) is 0 Å². The first-order chi connectivity index (χ1) is 12.4. The van der Waals surface area contributed by atoms with E-state index in [1.807, 2.05) is 6.07 Å². The molecular weight excluding hydrogens is 351 g/mol. The van der Waals surface area contributed by atoms with E-state index in [1.165, 1.54) is 30.1 Å². The summed E-state index contributed by atoms with van der Waals surface area (Å²) in [5.41, 5.74) is 6.51. The van der Waals surface area contributed by atoms with Crippen molar-refractivity contribution in [2.24, 2.45) is 10.7 Å². The average Bonchev–Trinajstić information content (AvgIpc) is 2.63. The summed E-state index contributed by atoms with van der Waals surface area (Å²) in [7, 11) is 0. The van der Waals surface area contributed by atoms with Gasteiger partial charge in [0.25, 0.3) is 0 Å². The second kappa shape index (κ2) is 7.10. The van der Waals surface area contributed by atoms with Gasteiger partial charge in [0.1, 0.15) is 23.1 Å². The molecule has 0 amide bonds. The van der Waals surface area contributed by atoms with Crippen LogP contribution in [-0.4, -0.2) is 15.9 Å². The Morgan fingerprint density at radius 3 is 2.85 bits per heavy atom. The van der Waals surface area contributed by atoms with Gasteiger partial charge in [0, 0.05) is 18.2 Å². The Balaban J connectivity index is 1.88. The summed E-state index contributed by atoms with van der Waals surface area (Å²) in [6.45, 7) is 1.77. The van der Waals surface area contributed by atoms with E-state index in [-0.39, 0.29) is 17.9 Å². The van der Waals surface area contributed by atoms with Crippen LogP contribution in [-0.2, 0) is 12.0 Å². The summed E-state index contributed by atoms with van der Waals surface area (Å²) in [6, 6.07) is 9.54. The summed E-state index contributed by atoms with van der Waals surface area (Å²) in [4.78, 5) is 20.8. The molecule has 5 nitrogen and oxygen atoms in total. The minimum absolute atomic E-state index is 0.0694. The van der Waals surface area contributed by atoms with Crippen molar-refractivity contribution in [1.82, 2.24) is 4.98 Å². The number of nitrogens with zero attached hydrogens (tertiary/aromatic N) is 3. The molecule has 2 heterocycles. The topological polar surface area (TPSA) is 92.1 Å². The monoisotopic (exact) mass is 366 g/mol. The first kappa shape index (κ1) is 17.8. The molecule has 1 aromatic heterocycles. The van der Waals surface area contributed by atoms with Crippen molar-refractivity contribution < 1.29 is 9.18 Å². The molecule has 0 bridgehead atoms. The summed E-state index contributed by atoms with van der Waals surface area (Å²) >= 11 is 1.28. The fraction of sp³-hybridized carbons (Fsp3) is 0.158. The number of halogens is 1. The summed E-state index contributed by atoms with van der Waals surface area (Å²) in [5, 5.41) is 10.9. The third-order valence-electron chi connectivity index (χ3n) is 4.04. The van der Waals surface area contributed by atoms with Gasteiger partial charge in [0.15, 0.2) is 11.0 Å². The number of aromatic nitrogens is 1. The molecule has 7 heteroatoms. The van der Waals surface area contributed by atoms with Gasteiger partial charge in [0.05, 0.1) is 5.56 Å². The number of pyridine rings is 1. The average molecular weight is 366 g/mol. The molecule has 1 atom stereocenters. The number of hydrogen-bond donors (Lipinski definition) is 1. The maximum absolute atomic E-state index is 14.4. The van der Waals surface area contributed by atoms with Gasteiger partial charge >= 0.3 is 0 Å². The van der Waals surface area contributed by atoms with Gasteiger partial charge in [-0.25, -0.2) is 9.38 Å². The lowest BCUT2D eigenvalue weighted by Gasteiger charge is -2.26. The highest BCUT2D eigenvalue weighted by molar-refractivity contribution is 8.16. The van der Waals surface area contributed by atoms with Crippen LogP contribution in [0.4, 0.5) is 4.39 Å². The summed E-state index contributed by atoms with van der Waals surface area (Å²) in [5.74, 6) is -0.622. The smallest absolute Gasteiger partial charge is 0.185 e. The molecule has 0 saturated carbocycles. The maximum Gasteiger partial charge on any atom is 0.185 e. The molecule has 0 unspecified atom stereocenters. The number of rotatable bonds is 4. The Morgan fingerprint density at radius 2 is 2.19 bits per heavy atom. The van der Waals surface area contributed by atoms with E-state index in [0.717, 1.165) is 0 Å². The third-order valence-corrected chi connectivity index (χ3v) is 4.65. The van der Waals surface area contributed by atoms with E-state index in [9.17, 15) is 9.18 Å². The van der Waals surface area contributed by atoms with E-state index in [4.69, 9.17) is 11.0 Å². The molecule has 2 N–H and O–H groups in total. The SMILES string of the molecule is C[C@@]1(c2cc(CC(=O)c3ccc(C#N)cn3)ccc2F)C=CSC(N)=N1. The standard InChI is InChI=1S/C19H15FN4OS/c1-19(6-7-26-18(22)24-19)14-8-12(2-4-15(14)20)9-17(25)16-5-3-13(10-21)11-23-16/h2-8,11H,9H2,1H3,(H2,22,24)/t19-/m0/s1. The zero-order chi connectivity index (χ0) is 18.7. The molecule has 1 aliphatic rings. The largest absolute Gasteiger partial charge is 0.378 e. The Bertz CT molecular complexity index is 962. The molecular formula is C19H15FN4OS. The van der Waals surface area contributed by atoms with Crippen molar-refractivity contribution in [3.63, 3.8) is 0 Å². The first-order valence-electron chi connectivity index (χ1n) is 7.79. The number of benzene rings is 1. The van der Waals surface area contributed by atoms with E-state index >= 15 is 0 Å². The van der Waals surface area contributed by atoms with Crippen LogP contribution in [0.15, 0.2) is 53.0 Å². The fourth-order valence-electron chi connectivity index (χ4n) is 2.65. The number of amidine groups is 1. The Kier molecular flexibility index (Phi) is 4.87. The number of nitriles is 1. The number of carbonyl (C=O) groups excluding carboxylic acids is 1. The molecule has 0 saturated heterocycles. The number of nitrogens with two attached hydrogens (primary N) is 1. The van der Waals surface area contributed by atoms with Gasteiger partial charge < -0.3 is 5.73 Å². The number of Topliss-reactive ketones (excluding diaryl/α,β-unsaturated/α-hetero) is 1. The van der Waals surface area contributed by atoms with E-state index in [2.05, 4.69) is 9.98 Å². The molecule has 130 valence electrons. The second-order valence-electron chi connectivity index (χ2n) is 5.98. The quantitative estimate of drug-likeness (QED) is 0.838. The predicted octanol–water partition coefficient (Wildman–Crippen LogP) is 3.31. The molecule has 1 aromatic carbocycles. The summed E-state index contributed by atoms with van der Waals surface area (Å²) < 4.78 is 14.4. The molecule has 0 fully saturated rings. The van der Waals surface area contributed by atoms with Crippen LogP contribution in [0.25, 0.3) is 0 Å². The van der Waals surface area contributed by atoms with Crippen molar-refractivity contribution in [2.75, 3.05) is 0 Å².